The molecule has 4 heteroatoms. The average molecular weight is 279 g/mol. The molecule has 112 valence electrons. The van der Waals surface area contributed by atoms with Crippen LogP contribution >= 0.6 is 0 Å². The van der Waals surface area contributed by atoms with Crippen LogP contribution in [-0.4, -0.2) is 54.6 Å². The maximum Gasteiger partial charge on any atom is 0.0900 e. The number of β-amino-alcohol motifs (C(OH)–C–C–N with tert-alkyl or cyclic N) is 1. The molecule has 2 rings (SSSR count). The van der Waals surface area contributed by atoms with Crippen LogP contribution in [0.4, 0.5) is 0 Å². The molecule has 1 N–H and O–H groups in total. The second-order valence-corrected chi connectivity index (χ2v) is 5.63. The van der Waals surface area contributed by atoms with Crippen molar-refractivity contribution in [3.05, 3.63) is 35.9 Å². The van der Waals surface area contributed by atoms with Gasteiger partial charge in [-0.25, -0.2) is 0 Å². The van der Waals surface area contributed by atoms with Crippen molar-refractivity contribution in [3.63, 3.8) is 0 Å². The van der Waals surface area contributed by atoms with Crippen molar-refractivity contribution in [1.29, 1.82) is 0 Å². The second kappa shape index (κ2) is 7.74. The Bertz CT molecular complexity index is 375. The molecule has 0 amide bonds. The third-order valence-electron chi connectivity index (χ3n) is 3.39. The Labute approximate surface area is 121 Å². The lowest BCUT2D eigenvalue weighted by atomic mass is 10.2. The first-order valence-corrected chi connectivity index (χ1v) is 7.31. The summed E-state index contributed by atoms with van der Waals surface area (Å²) >= 11 is 0. The number of aliphatic hydroxyl groups excluding tert-OH is 1. The zero-order valence-corrected chi connectivity index (χ0v) is 12.4. The summed E-state index contributed by atoms with van der Waals surface area (Å²) in [7, 11) is 0. The number of morpholine rings is 1. The Morgan fingerprint density at radius 1 is 1.25 bits per heavy atom. The molecule has 0 radical (unpaired) electrons. The highest BCUT2D eigenvalue weighted by Crippen LogP contribution is 2.11. The number of hydrogen-bond donors (Lipinski definition) is 1. The van der Waals surface area contributed by atoms with Gasteiger partial charge in [0.05, 0.1) is 31.5 Å². The molecule has 0 unspecified atom stereocenters. The minimum atomic E-state index is -0.448. The summed E-state index contributed by atoms with van der Waals surface area (Å²) in [5.41, 5.74) is 1.13. The van der Waals surface area contributed by atoms with Gasteiger partial charge in [-0.2, -0.15) is 0 Å². The minimum absolute atomic E-state index is 0.233. The van der Waals surface area contributed by atoms with Crippen molar-refractivity contribution in [2.45, 2.75) is 38.8 Å². The van der Waals surface area contributed by atoms with Crippen LogP contribution in [0, 0.1) is 0 Å². The van der Waals surface area contributed by atoms with E-state index in [0.29, 0.717) is 19.8 Å². The van der Waals surface area contributed by atoms with E-state index < -0.39 is 6.10 Å². The van der Waals surface area contributed by atoms with E-state index in [1.807, 2.05) is 30.3 Å². The van der Waals surface area contributed by atoms with Crippen LogP contribution in [0.25, 0.3) is 0 Å². The third-order valence-corrected chi connectivity index (χ3v) is 3.39. The number of aliphatic hydroxyl groups is 1. The molecule has 0 spiro atoms. The molecule has 4 nitrogen and oxygen atoms in total. The van der Waals surface area contributed by atoms with E-state index in [1.54, 1.807) is 0 Å². The average Bonchev–Trinajstić information content (AvgIpc) is 2.38. The molecule has 1 aliphatic rings. The maximum absolute atomic E-state index is 10.0. The van der Waals surface area contributed by atoms with Crippen molar-refractivity contribution < 1.29 is 14.6 Å². The summed E-state index contributed by atoms with van der Waals surface area (Å²) in [5, 5.41) is 10.0. The smallest absolute Gasteiger partial charge is 0.0900 e. The second-order valence-electron chi connectivity index (χ2n) is 5.63. The van der Waals surface area contributed by atoms with Crippen LogP contribution in [0.2, 0.25) is 0 Å². The Kier molecular flexibility index (Phi) is 5.98. The molecule has 0 aliphatic carbocycles. The molecule has 1 aromatic carbocycles. The lowest BCUT2D eigenvalue weighted by Crippen LogP contribution is -2.48. The zero-order chi connectivity index (χ0) is 14.4. The van der Waals surface area contributed by atoms with Crippen molar-refractivity contribution in [2.24, 2.45) is 0 Å². The predicted molar refractivity (Wildman–Crippen MR) is 78.6 cm³/mol. The first-order chi connectivity index (χ1) is 9.63. The summed E-state index contributed by atoms with van der Waals surface area (Å²) in [6, 6.07) is 10.0. The molecular formula is C16H25NO3. The number of hydrogen-bond acceptors (Lipinski definition) is 4. The van der Waals surface area contributed by atoms with Gasteiger partial charge < -0.3 is 14.6 Å². The van der Waals surface area contributed by atoms with Crippen LogP contribution in [-0.2, 0) is 16.1 Å². The molecule has 20 heavy (non-hydrogen) atoms. The summed E-state index contributed by atoms with van der Waals surface area (Å²) in [4.78, 5) is 2.25. The summed E-state index contributed by atoms with van der Waals surface area (Å²) in [6.07, 6.45) is 0.0172. The molecule has 0 aromatic heterocycles. The lowest BCUT2D eigenvalue weighted by Gasteiger charge is -2.36. The molecular weight excluding hydrogens is 254 g/mol. The molecule has 1 aromatic rings. The van der Waals surface area contributed by atoms with Gasteiger partial charge in [0.15, 0.2) is 0 Å². The van der Waals surface area contributed by atoms with E-state index in [2.05, 4.69) is 18.7 Å². The first kappa shape index (κ1) is 15.4. The van der Waals surface area contributed by atoms with E-state index >= 15 is 0 Å². The van der Waals surface area contributed by atoms with Gasteiger partial charge in [0, 0.05) is 19.6 Å². The highest BCUT2D eigenvalue weighted by atomic mass is 16.5. The van der Waals surface area contributed by atoms with Gasteiger partial charge in [0.2, 0.25) is 0 Å². The van der Waals surface area contributed by atoms with Crippen LogP contribution in [0.15, 0.2) is 30.3 Å². The van der Waals surface area contributed by atoms with Crippen LogP contribution in [0.5, 0.6) is 0 Å². The zero-order valence-electron chi connectivity index (χ0n) is 12.4. The largest absolute Gasteiger partial charge is 0.389 e. The Balaban J connectivity index is 1.66. The maximum atomic E-state index is 10.0. The highest BCUT2D eigenvalue weighted by Gasteiger charge is 2.23. The van der Waals surface area contributed by atoms with E-state index in [1.165, 1.54) is 0 Å². The Hall–Kier alpha value is -0.940. The standard InChI is InChI=1S/C16H25NO3/c1-13-8-17(9-14(2)20-13)10-16(18)12-19-11-15-6-4-3-5-7-15/h3-7,13-14,16,18H,8-12H2,1-2H3/t13-,14+,16-/m0/s1. The summed E-state index contributed by atoms with van der Waals surface area (Å²) in [5.74, 6) is 0. The lowest BCUT2D eigenvalue weighted by molar-refractivity contribution is -0.0826. The molecule has 3 atom stereocenters. The number of benzene rings is 1. The molecule has 0 bridgehead atoms. The van der Waals surface area contributed by atoms with E-state index in [-0.39, 0.29) is 12.2 Å². The van der Waals surface area contributed by atoms with Crippen molar-refractivity contribution >= 4 is 0 Å². The van der Waals surface area contributed by atoms with Gasteiger partial charge in [-0.1, -0.05) is 30.3 Å². The van der Waals surface area contributed by atoms with E-state index in [9.17, 15) is 5.11 Å². The van der Waals surface area contributed by atoms with E-state index in [4.69, 9.17) is 9.47 Å². The van der Waals surface area contributed by atoms with E-state index in [0.717, 1.165) is 18.7 Å². The molecule has 0 saturated carbocycles. The van der Waals surface area contributed by atoms with Crippen molar-refractivity contribution in [3.8, 4) is 0 Å². The minimum Gasteiger partial charge on any atom is -0.389 e. The quantitative estimate of drug-likeness (QED) is 0.860. The van der Waals surface area contributed by atoms with Crippen molar-refractivity contribution in [1.82, 2.24) is 4.90 Å². The Morgan fingerprint density at radius 2 is 1.90 bits per heavy atom. The van der Waals surface area contributed by atoms with Gasteiger partial charge in [-0.05, 0) is 19.4 Å². The van der Waals surface area contributed by atoms with Crippen molar-refractivity contribution in [2.75, 3.05) is 26.2 Å². The normalized spacial score (nSPS) is 25.6. The number of ether oxygens (including phenoxy) is 2. The topological polar surface area (TPSA) is 41.9 Å². The number of rotatable bonds is 6. The third kappa shape index (κ3) is 5.21. The SMILES string of the molecule is C[C@@H]1CN(C[C@H](O)COCc2ccccc2)C[C@H](C)O1. The first-order valence-electron chi connectivity index (χ1n) is 7.31. The van der Waals surface area contributed by atoms with Gasteiger partial charge >= 0.3 is 0 Å². The van der Waals surface area contributed by atoms with Gasteiger partial charge in [-0.15, -0.1) is 0 Å². The fourth-order valence-electron chi connectivity index (χ4n) is 2.67. The monoisotopic (exact) mass is 279 g/mol. The molecule has 1 fully saturated rings. The fraction of sp³-hybridized carbons (Fsp3) is 0.625. The summed E-state index contributed by atoms with van der Waals surface area (Å²) in [6.45, 7) is 7.46. The van der Waals surface area contributed by atoms with Crippen LogP contribution in [0.1, 0.15) is 19.4 Å². The highest BCUT2D eigenvalue weighted by molar-refractivity contribution is 5.13. The fourth-order valence-corrected chi connectivity index (χ4v) is 2.67. The van der Waals surface area contributed by atoms with Gasteiger partial charge in [0.1, 0.15) is 0 Å². The molecule has 1 saturated heterocycles. The predicted octanol–water partition coefficient (Wildman–Crippen LogP) is 1.67. The summed E-state index contributed by atoms with van der Waals surface area (Å²) < 4.78 is 11.3. The Morgan fingerprint density at radius 3 is 2.55 bits per heavy atom. The molecule has 1 aliphatic heterocycles. The number of nitrogens with zero attached hydrogens (tertiary/aromatic N) is 1. The van der Waals surface area contributed by atoms with Crippen LogP contribution in [0.3, 0.4) is 0 Å². The van der Waals surface area contributed by atoms with Gasteiger partial charge in [0.25, 0.3) is 0 Å². The van der Waals surface area contributed by atoms with Crippen LogP contribution < -0.4 is 0 Å². The molecule has 1 heterocycles. The van der Waals surface area contributed by atoms with Gasteiger partial charge in [-0.3, -0.25) is 4.90 Å².